The van der Waals surface area contributed by atoms with Crippen molar-refractivity contribution < 1.29 is 13.5 Å². The lowest BCUT2D eigenvalue weighted by Crippen LogP contribution is -2.40. The maximum absolute atomic E-state index is 12.4. The van der Waals surface area contributed by atoms with E-state index in [-0.39, 0.29) is 11.4 Å². The third-order valence-corrected chi connectivity index (χ3v) is 4.57. The molecule has 0 saturated heterocycles. The summed E-state index contributed by atoms with van der Waals surface area (Å²) in [6, 6.07) is 0. The largest absolute Gasteiger partial charge is 0.389 e. The van der Waals surface area contributed by atoms with Crippen molar-refractivity contribution in [3.05, 3.63) is 11.4 Å². The van der Waals surface area contributed by atoms with Gasteiger partial charge >= 0.3 is 0 Å². The van der Waals surface area contributed by atoms with E-state index in [2.05, 4.69) is 9.82 Å². The fourth-order valence-corrected chi connectivity index (χ4v) is 3.88. The van der Waals surface area contributed by atoms with Crippen molar-refractivity contribution in [3.63, 3.8) is 0 Å². The number of nitrogens with one attached hydrogen (secondary N) is 1. The molecule has 0 saturated carbocycles. The highest BCUT2D eigenvalue weighted by molar-refractivity contribution is 7.89. The molecule has 0 aliphatic rings. The minimum atomic E-state index is -3.63. The van der Waals surface area contributed by atoms with Gasteiger partial charge in [0.25, 0.3) is 0 Å². The van der Waals surface area contributed by atoms with Gasteiger partial charge in [0.1, 0.15) is 4.90 Å². The topological polar surface area (TPSA) is 84.2 Å². The summed E-state index contributed by atoms with van der Waals surface area (Å²) in [6.45, 7) is 12.3. The van der Waals surface area contributed by atoms with E-state index in [1.807, 2.05) is 0 Å². The summed E-state index contributed by atoms with van der Waals surface area (Å²) in [4.78, 5) is 0.191. The SMILES string of the molecule is Cc1nn(CC(C)(C)O)c(C)c1S(=O)(=O)NC(C)(C)C. The summed E-state index contributed by atoms with van der Waals surface area (Å²) >= 11 is 0. The Hall–Kier alpha value is -0.920. The van der Waals surface area contributed by atoms with Crippen LogP contribution in [0.2, 0.25) is 0 Å². The van der Waals surface area contributed by atoms with E-state index in [4.69, 9.17) is 0 Å². The van der Waals surface area contributed by atoms with Gasteiger partial charge in [0.05, 0.1) is 23.5 Å². The number of aliphatic hydroxyl groups is 1. The molecule has 0 unspecified atom stereocenters. The van der Waals surface area contributed by atoms with Crippen molar-refractivity contribution in [2.24, 2.45) is 0 Å². The molecule has 1 heterocycles. The quantitative estimate of drug-likeness (QED) is 0.879. The normalized spacial score (nSPS) is 13.8. The third kappa shape index (κ3) is 4.29. The van der Waals surface area contributed by atoms with Crippen LogP contribution in [-0.4, -0.2) is 34.4 Å². The molecule has 2 N–H and O–H groups in total. The molecule has 0 aromatic carbocycles. The summed E-state index contributed by atoms with van der Waals surface area (Å²) in [6.07, 6.45) is 0. The number of aryl methyl sites for hydroxylation is 1. The highest BCUT2D eigenvalue weighted by Crippen LogP contribution is 2.22. The van der Waals surface area contributed by atoms with Crippen LogP contribution in [-0.2, 0) is 16.6 Å². The molecule has 0 fully saturated rings. The number of aromatic nitrogens is 2. The Morgan fingerprint density at radius 1 is 1.20 bits per heavy atom. The first-order valence-electron chi connectivity index (χ1n) is 6.53. The molecule has 0 amide bonds. The second kappa shape index (κ2) is 5.13. The van der Waals surface area contributed by atoms with Crippen molar-refractivity contribution in [1.82, 2.24) is 14.5 Å². The number of hydrogen-bond donors (Lipinski definition) is 2. The molecule has 1 aromatic heterocycles. The zero-order valence-corrected chi connectivity index (χ0v) is 14.1. The van der Waals surface area contributed by atoms with Crippen LogP contribution in [0.25, 0.3) is 0 Å². The van der Waals surface area contributed by atoms with Crippen molar-refractivity contribution in [3.8, 4) is 0 Å². The van der Waals surface area contributed by atoms with Crippen LogP contribution in [0.15, 0.2) is 4.90 Å². The predicted octanol–water partition coefficient (Wildman–Crippen LogP) is 1.35. The van der Waals surface area contributed by atoms with Crippen LogP contribution in [0, 0.1) is 13.8 Å². The molecule has 7 heteroatoms. The molecule has 0 spiro atoms. The molecule has 0 bridgehead atoms. The second-order valence-electron chi connectivity index (χ2n) is 6.83. The first-order valence-corrected chi connectivity index (χ1v) is 8.02. The van der Waals surface area contributed by atoms with E-state index < -0.39 is 21.2 Å². The lowest BCUT2D eigenvalue weighted by Gasteiger charge is -2.21. The zero-order chi connectivity index (χ0) is 15.9. The number of rotatable bonds is 4. The average Bonchev–Trinajstić information content (AvgIpc) is 2.34. The van der Waals surface area contributed by atoms with Gasteiger partial charge in [0, 0.05) is 5.54 Å². The van der Waals surface area contributed by atoms with Gasteiger partial charge in [-0.05, 0) is 48.5 Å². The lowest BCUT2D eigenvalue weighted by atomic mass is 10.1. The average molecular weight is 303 g/mol. The van der Waals surface area contributed by atoms with E-state index in [0.717, 1.165) is 0 Å². The Bertz CT molecular complexity index is 590. The molecule has 116 valence electrons. The Balaban J connectivity index is 3.28. The Morgan fingerprint density at radius 3 is 2.10 bits per heavy atom. The van der Waals surface area contributed by atoms with E-state index in [0.29, 0.717) is 11.4 Å². The molecule has 0 aliphatic carbocycles. The monoisotopic (exact) mass is 303 g/mol. The Morgan fingerprint density at radius 2 is 1.70 bits per heavy atom. The van der Waals surface area contributed by atoms with Gasteiger partial charge in [-0.25, -0.2) is 13.1 Å². The zero-order valence-electron chi connectivity index (χ0n) is 13.3. The van der Waals surface area contributed by atoms with Crippen molar-refractivity contribution >= 4 is 10.0 Å². The summed E-state index contributed by atoms with van der Waals surface area (Å²) in [5, 5.41) is 14.1. The molecule has 1 rings (SSSR count). The van der Waals surface area contributed by atoms with Crippen molar-refractivity contribution in [1.29, 1.82) is 0 Å². The van der Waals surface area contributed by atoms with Gasteiger partial charge < -0.3 is 5.11 Å². The molecular weight excluding hydrogens is 278 g/mol. The lowest BCUT2D eigenvalue weighted by molar-refractivity contribution is 0.0569. The Labute approximate surface area is 121 Å². The van der Waals surface area contributed by atoms with Gasteiger partial charge in [-0.15, -0.1) is 0 Å². The van der Waals surface area contributed by atoms with Crippen molar-refractivity contribution in [2.75, 3.05) is 0 Å². The molecule has 0 atom stereocenters. The summed E-state index contributed by atoms with van der Waals surface area (Å²) in [5.41, 5.74) is -0.553. The van der Waals surface area contributed by atoms with Gasteiger partial charge in [-0.2, -0.15) is 5.10 Å². The molecular formula is C13H25N3O3S. The summed E-state index contributed by atoms with van der Waals surface area (Å²) in [7, 11) is -3.63. The van der Waals surface area contributed by atoms with E-state index >= 15 is 0 Å². The number of nitrogens with zero attached hydrogens (tertiary/aromatic N) is 2. The van der Waals surface area contributed by atoms with Crippen LogP contribution < -0.4 is 4.72 Å². The molecule has 6 nitrogen and oxygen atoms in total. The first-order chi connectivity index (χ1) is 8.73. The molecule has 1 aromatic rings. The van der Waals surface area contributed by atoms with E-state index in [1.165, 1.54) is 4.68 Å². The fraction of sp³-hybridized carbons (Fsp3) is 0.769. The Kier molecular flexibility index (Phi) is 4.39. The van der Waals surface area contributed by atoms with Crippen LogP contribution in [0.1, 0.15) is 46.0 Å². The minimum Gasteiger partial charge on any atom is -0.389 e. The predicted molar refractivity (Wildman–Crippen MR) is 78.1 cm³/mol. The van der Waals surface area contributed by atoms with Crippen molar-refractivity contribution in [2.45, 2.75) is 71.0 Å². The molecule has 0 aliphatic heterocycles. The third-order valence-electron chi connectivity index (χ3n) is 2.56. The second-order valence-corrected chi connectivity index (χ2v) is 8.44. The van der Waals surface area contributed by atoms with Gasteiger partial charge in [0.15, 0.2) is 0 Å². The maximum Gasteiger partial charge on any atom is 0.244 e. The number of sulfonamides is 1. The highest BCUT2D eigenvalue weighted by Gasteiger charge is 2.29. The molecule has 20 heavy (non-hydrogen) atoms. The van der Waals surface area contributed by atoms with Crippen LogP contribution >= 0.6 is 0 Å². The van der Waals surface area contributed by atoms with Gasteiger partial charge in [0.2, 0.25) is 10.0 Å². The van der Waals surface area contributed by atoms with Crippen LogP contribution in [0.4, 0.5) is 0 Å². The van der Waals surface area contributed by atoms with Crippen LogP contribution in [0.3, 0.4) is 0 Å². The summed E-state index contributed by atoms with van der Waals surface area (Å²) in [5.74, 6) is 0. The fourth-order valence-electron chi connectivity index (χ4n) is 2.04. The summed E-state index contributed by atoms with van der Waals surface area (Å²) < 4.78 is 29.0. The van der Waals surface area contributed by atoms with Crippen LogP contribution in [0.5, 0.6) is 0 Å². The first kappa shape index (κ1) is 17.1. The highest BCUT2D eigenvalue weighted by atomic mass is 32.2. The smallest absolute Gasteiger partial charge is 0.244 e. The van der Waals surface area contributed by atoms with E-state index in [9.17, 15) is 13.5 Å². The minimum absolute atomic E-state index is 0.191. The number of hydrogen-bond acceptors (Lipinski definition) is 4. The standard InChI is InChI=1S/C13H25N3O3S/c1-9-11(20(18,19)15-12(3,4)5)10(2)16(14-9)8-13(6,7)17/h15,17H,8H2,1-7H3. The maximum atomic E-state index is 12.4. The van der Waals surface area contributed by atoms with E-state index in [1.54, 1.807) is 48.5 Å². The molecule has 0 radical (unpaired) electrons. The van der Waals surface area contributed by atoms with Gasteiger partial charge in [-0.1, -0.05) is 0 Å². The van der Waals surface area contributed by atoms with Gasteiger partial charge in [-0.3, -0.25) is 4.68 Å².